The molecule has 96 valence electrons. The van der Waals surface area contributed by atoms with E-state index in [0.717, 1.165) is 17.5 Å². The second-order valence-electron chi connectivity index (χ2n) is 3.75. The third-order valence-corrected chi connectivity index (χ3v) is 3.80. The fraction of sp³-hybridized carbons (Fsp3) is 0.500. The maximum absolute atomic E-state index is 13.0. The number of nitrogens with two attached hydrogens (primary N) is 1. The number of halogens is 1. The minimum absolute atomic E-state index is 0.266. The van der Waals surface area contributed by atoms with Gasteiger partial charge in [0.05, 0.1) is 0 Å². The van der Waals surface area contributed by atoms with Gasteiger partial charge in [0.15, 0.2) is 0 Å². The molecule has 0 fully saturated rings. The van der Waals surface area contributed by atoms with Gasteiger partial charge in [-0.05, 0) is 29.7 Å². The van der Waals surface area contributed by atoms with Gasteiger partial charge in [-0.1, -0.05) is 6.07 Å². The lowest BCUT2D eigenvalue weighted by Crippen LogP contribution is -2.08. The van der Waals surface area contributed by atoms with E-state index < -0.39 is 10.8 Å². The monoisotopic (exact) mass is 259 g/mol. The van der Waals surface area contributed by atoms with Crippen molar-refractivity contribution in [2.75, 3.05) is 19.5 Å². The van der Waals surface area contributed by atoms with Gasteiger partial charge in [-0.15, -0.1) is 0 Å². The summed E-state index contributed by atoms with van der Waals surface area (Å²) in [5.41, 5.74) is 7.12. The predicted molar refractivity (Wildman–Crippen MR) is 67.5 cm³/mol. The molecule has 0 amide bonds. The zero-order valence-electron chi connectivity index (χ0n) is 9.95. The Morgan fingerprint density at radius 1 is 1.41 bits per heavy atom. The summed E-state index contributed by atoms with van der Waals surface area (Å²) >= 11 is 0. The average molecular weight is 259 g/mol. The fourth-order valence-electron chi connectivity index (χ4n) is 1.54. The van der Waals surface area contributed by atoms with Crippen LogP contribution in [0.3, 0.4) is 0 Å². The number of hydrogen-bond acceptors (Lipinski definition) is 3. The lowest BCUT2D eigenvalue weighted by Gasteiger charge is -2.08. The van der Waals surface area contributed by atoms with E-state index >= 15 is 0 Å². The van der Waals surface area contributed by atoms with Crippen LogP contribution in [0.5, 0.6) is 0 Å². The first kappa shape index (κ1) is 14.3. The Bertz CT molecular complexity index is 385. The number of hydrogen-bond donors (Lipinski definition) is 1. The van der Waals surface area contributed by atoms with E-state index in [2.05, 4.69) is 0 Å². The van der Waals surface area contributed by atoms with Crippen molar-refractivity contribution < 1.29 is 13.3 Å². The zero-order valence-corrected chi connectivity index (χ0v) is 10.8. The van der Waals surface area contributed by atoms with Crippen molar-refractivity contribution in [1.82, 2.24) is 0 Å². The highest BCUT2D eigenvalue weighted by molar-refractivity contribution is 7.84. The molecule has 2 N–H and O–H groups in total. The molecule has 3 nitrogen and oxygen atoms in total. The van der Waals surface area contributed by atoms with E-state index in [9.17, 15) is 8.60 Å². The minimum atomic E-state index is -0.949. The highest BCUT2D eigenvalue weighted by Gasteiger charge is 2.07. The lowest BCUT2D eigenvalue weighted by atomic mass is 10.1. The van der Waals surface area contributed by atoms with Crippen LogP contribution in [0.1, 0.15) is 17.5 Å². The van der Waals surface area contributed by atoms with E-state index in [4.69, 9.17) is 10.5 Å². The third-order valence-electron chi connectivity index (χ3n) is 2.43. The maximum Gasteiger partial charge on any atom is 0.123 e. The molecule has 0 aliphatic rings. The molecule has 0 saturated carbocycles. The average Bonchev–Trinajstić information content (AvgIpc) is 2.32. The second kappa shape index (κ2) is 7.53. The van der Waals surface area contributed by atoms with Gasteiger partial charge in [0.2, 0.25) is 0 Å². The van der Waals surface area contributed by atoms with E-state index in [0.29, 0.717) is 18.1 Å². The summed E-state index contributed by atoms with van der Waals surface area (Å²) in [6, 6.07) is 4.44. The molecule has 0 saturated heterocycles. The van der Waals surface area contributed by atoms with Crippen molar-refractivity contribution in [2.45, 2.75) is 18.7 Å². The van der Waals surface area contributed by atoms with Gasteiger partial charge in [-0.3, -0.25) is 4.21 Å². The van der Waals surface area contributed by atoms with Crippen molar-refractivity contribution in [2.24, 2.45) is 5.73 Å². The van der Waals surface area contributed by atoms with Gasteiger partial charge in [-0.2, -0.15) is 0 Å². The Morgan fingerprint density at radius 2 is 2.18 bits per heavy atom. The summed E-state index contributed by atoms with van der Waals surface area (Å²) in [6.45, 7) is 0.876. The van der Waals surface area contributed by atoms with Gasteiger partial charge in [-0.25, -0.2) is 4.39 Å². The van der Waals surface area contributed by atoms with Crippen LogP contribution >= 0.6 is 0 Å². The van der Waals surface area contributed by atoms with E-state index in [1.807, 2.05) is 0 Å². The molecule has 0 aliphatic carbocycles. The van der Waals surface area contributed by atoms with Crippen LogP contribution < -0.4 is 5.73 Å². The summed E-state index contributed by atoms with van der Waals surface area (Å²) in [5, 5.41) is 0. The smallest absolute Gasteiger partial charge is 0.123 e. The van der Waals surface area contributed by atoms with Crippen LogP contribution in [-0.4, -0.2) is 23.7 Å². The normalized spacial score (nSPS) is 12.6. The molecule has 0 aliphatic heterocycles. The van der Waals surface area contributed by atoms with Crippen LogP contribution in [0.25, 0.3) is 0 Å². The molecular formula is C12H18FNO2S. The number of benzene rings is 1. The Kier molecular flexibility index (Phi) is 6.32. The molecule has 17 heavy (non-hydrogen) atoms. The van der Waals surface area contributed by atoms with Gasteiger partial charge in [0, 0.05) is 42.6 Å². The quantitative estimate of drug-likeness (QED) is 0.756. The summed E-state index contributed by atoms with van der Waals surface area (Å²) in [6.07, 6.45) is 0.766. The minimum Gasteiger partial charge on any atom is -0.385 e. The van der Waals surface area contributed by atoms with E-state index in [1.165, 1.54) is 12.1 Å². The van der Waals surface area contributed by atoms with Crippen molar-refractivity contribution >= 4 is 10.8 Å². The molecule has 0 radical (unpaired) electrons. The van der Waals surface area contributed by atoms with Crippen LogP contribution in [-0.2, 0) is 27.8 Å². The lowest BCUT2D eigenvalue weighted by molar-refractivity contribution is 0.200. The van der Waals surface area contributed by atoms with Crippen molar-refractivity contribution in [1.29, 1.82) is 0 Å². The highest BCUT2D eigenvalue weighted by Crippen LogP contribution is 2.13. The van der Waals surface area contributed by atoms with Gasteiger partial charge < -0.3 is 10.5 Å². The molecule has 5 heteroatoms. The van der Waals surface area contributed by atoms with Gasteiger partial charge >= 0.3 is 0 Å². The van der Waals surface area contributed by atoms with Crippen LogP contribution in [0.2, 0.25) is 0 Å². The summed E-state index contributed by atoms with van der Waals surface area (Å²) < 4.78 is 29.6. The number of rotatable bonds is 7. The molecular weight excluding hydrogens is 241 g/mol. The first-order chi connectivity index (χ1) is 8.17. The topological polar surface area (TPSA) is 52.3 Å². The Morgan fingerprint density at radius 3 is 2.82 bits per heavy atom. The SMILES string of the molecule is COCCCS(=O)Cc1ccc(F)cc1CN. The Labute approximate surface area is 104 Å². The molecule has 1 aromatic carbocycles. The molecule has 0 bridgehead atoms. The van der Waals surface area contributed by atoms with Crippen LogP contribution in [0.4, 0.5) is 4.39 Å². The Hall–Kier alpha value is -0.780. The predicted octanol–water partition coefficient (Wildman–Crippen LogP) is 1.57. The molecule has 1 aromatic rings. The summed E-state index contributed by atoms with van der Waals surface area (Å²) in [7, 11) is 0.671. The number of ether oxygens (including phenoxy) is 1. The largest absolute Gasteiger partial charge is 0.385 e. The molecule has 0 spiro atoms. The Balaban J connectivity index is 2.58. The van der Waals surface area contributed by atoms with Crippen molar-refractivity contribution in [3.8, 4) is 0 Å². The summed E-state index contributed by atoms with van der Waals surface area (Å²) in [4.78, 5) is 0. The standard InChI is InChI=1S/C12H18FNO2S/c1-16-5-2-6-17(15)9-10-3-4-12(13)7-11(10)8-14/h3-4,7H,2,5-6,8-9,14H2,1H3. The molecule has 0 heterocycles. The first-order valence-electron chi connectivity index (χ1n) is 5.48. The second-order valence-corrected chi connectivity index (χ2v) is 5.33. The molecule has 0 aromatic heterocycles. The van der Waals surface area contributed by atoms with Crippen molar-refractivity contribution in [3.63, 3.8) is 0 Å². The fourth-order valence-corrected chi connectivity index (χ4v) is 2.75. The van der Waals surface area contributed by atoms with Crippen molar-refractivity contribution in [3.05, 3.63) is 35.1 Å². The number of methoxy groups -OCH3 is 1. The van der Waals surface area contributed by atoms with E-state index in [1.54, 1.807) is 13.2 Å². The maximum atomic E-state index is 13.0. The third kappa shape index (κ3) is 4.93. The van der Waals surface area contributed by atoms with Gasteiger partial charge in [0.25, 0.3) is 0 Å². The zero-order chi connectivity index (χ0) is 12.7. The molecule has 1 atom stereocenters. The van der Waals surface area contributed by atoms with Gasteiger partial charge in [0.1, 0.15) is 5.82 Å². The van der Waals surface area contributed by atoms with Crippen LogP contribution in [0.15, 0.2) is 18.2 Å². The first-order valence-corrected chi connectivity index (χ1v) is 6.97. The van der Waals surface area contributed by atoms with E-state index in [-0.39, 0.29) is 12.4 Å². The molecule has 1 unspecified atom stereocenters. The molecule has 1 rings (SSSR count). The summed E-state index contributed by atoms with van der Waals surface area (Å²) in [5.74, 6) is 0.713. The highest BCUT2D eigenvalue weighted by atomic mass is 32.2. The van der Waals surface area contributed by atoms with Crippen LogP contribution in [0, 0.1) is 5.82 Å².